The van der Waals surface area contributed by atoms with Gasteiger partial charge < -0.3 is 10.0 Å². The average molecular weight is 249 g/mol. The van der Waals surface area contributed by atoms with Gasteiger partial charge in [0.25, 0.3) is 5.91 Å². The van der Waals surface area contributed by atoms with Gasteiger partial charge in [0.15, 0.2) is 0 Å². The van der Waals surface area contributed by atoms with Crippen LogP contribution >= 0.6 is 0 Å². The van der Waals surface area contributed by atoms with Crippen molar-refractivity contribution in [2.24, 2.45) is 0 Å². The molecule has 1 fully saturated rings. The number of Topliss-reactive ketones (excluding diaryl/α,β-unsaturated/α-hetero) is 1. The number of carbonyl (C=O) groups excluding carboxylic acids is 2. The fourth-order valence-corrected chi connectivity index (χ4v) is 2.13. The molecule has 1 rings (SSSR count). The SMILES string of the molecule is C=C/C=C(\C=C)C1(O)CCN(C(=O)C(C)=O)CC1. The van der Waals surface area contributed by atoms with E-state index in [1.165, 1.54) is 11.8 Å². The van der Waals surface area contributed by atoms with E-state index in [1.807, 2.05) is 0 Å². The Hall–Kier alpha value is -1.68. The lowest BCUT2D eigenvalue weighted by Gasteiger charge is -2.38. The quantitative estimate of drug-likeness (QED) is 0.602. The molecule has 1 aliphatic rings. The van der Waals surface area contributed by atoms with Crippen LogP contribution in [-0.4, -0.2) is 40.4 Å². The van der Waals surface area contributed by atoms with Gasteiger partial charge in [0.1, 0.15) is 0 Å². The van der Waals surface area contributed by atoms with Gasteiger partial charge >= 0.3 is 0 Å². The smallest absolute Gasteiger partial charge is 0.289 e. The number of ketones is 1. The Balaban J connectivity index is 2.76. The molecular weight excluding hydrogens is 230 g/mol. The summed E-state index contributed by atoms with van der Waals surface area (Å²) >= 11 is 0. The molecule has 1 saturated heterocycles. The van der Waals surface area contributed by atoms with Crippen LogP contribution in [0.3, 0.4) is 0 Å². The number of aliphatic hydroxyl groups is 1. The summed E-state index contributed by atoms with van der Waals surface area (Å²) in [6, 6.07) is 0. The van der Waals surface area contributed by atoms with E-state index in [9.17, 15) is 14.7 Å². The zero-order valence-electron chi connectivity index (χ0n) is 10.7. The molecule has 18 heavy (non-hydrogen) atoms. The summed E-state index contributed by atoms with van der Waals surface area (Å²) in [6.45, 7) is 9.27. The summed E-state index contributed by atoms with van der Waals surface area (Å²) in [6.07, 6.45) is 5.72. The predicted molar refractivity (Wildman–Crippen MR) is 69.9 cm³/mol. The van der Waals surface area contributed by atoms with Crippen LogP contribution in [-0.2, 0) is 9.59 Å². The maximum Gasteiger partial charge on any atom is 0.289 e. The highest BCUT2D eigenvalue weighted by atomic mass is 16.3. The van der Waals surface area contributed by atoms with Crippen molar-refractivity contribution in [3.05, 3.63) is 37.0 Å². The minimum absolute atomic E-state index is 0.372. The number of hydrogen-bond donors (Lipinski definition) is 1. The Morgan fingerprint density at radius 2 is 1.83 bits per heavy atom. The van der Waals surface area contributed by atoms with Crippen molar-refractivity contribution in [1.29, 1.82) is 0 Å². The molecular formula is C14H19NO3. The van der Waals surface area contributed by atoms with Gasteiger partial charge in [-0.2, -0.15) is 0 Å². The Bertz CT molecular complexity index is 401. The molecule has 0 spiro atoms. The van der Waals surface area contributed by atoms with Crippen LogP contribution in [0.2, 0.25) is 0 Å². The molecule has 1 aliphatic heterocycles. The molecule has 98 valence electrons. The number of nitrogens with zero attached hydrogens (tertiary/aromatic N) is 1. The van der Waals surface area contributed by atoms with Gasteiger partial charge in [-0.3, -0.25) is 9.59 Å². The number of rotatable bonds is 4. The summed E-state index contributed by atoms with van der Waals surface area (Å²) in [5.74, 6) is -0.948. The molecule has 0 bridgehead atoms. The fraction of sp³-hybridized carbons (Fsp3) is 0.429. The lowest BCUT2D eigenvalue weighted by Crippen LogP contribution is -2.48. The molecule has 4 nitrogen and oxygen atoms in total. The van der Waals surface area contributed by atoms with Crippen LogP contribution in [0, 0.1) is 0 Å². The first-order valence-corrected chi connectivity index (χ1v) is 5.92. The Labute approximate surface area is 107 Å². The van der Waals surface area contributed by atoms with Crippen molar-refractivity contribution < 1.29 is 14.7 Å². The summed E-state index contributed by atoms with van der Waals surface area (Å²) in [7, 11) is 0. The number of carbonyl (C=O) groups is 2. The monoisotopic (exact) mass is 249 g/mol. The molecule has 1 heterocycles. The second-order valence-electron chi connectivity index (χ2n) is 4.44. The van der Waals surface area contributed by atoms with Crippen molar-refractivity contribution in [2.75, 3.05) is 13.1 Å². The van der Waals surface area contributed by atoms with E-state index in [-0.39, 0.29) is 0 Å². The maximum absolute atomic E-state index is 11.5. The minimum Gasteiger partial charge on any atom is -0.385 e. The first-order valence-electron chi connectivity index (χ1n) is 5.92. The van der Waals surface area contributed by atoms with Crippen molar-refractivity contribution in [3.8, 4) is 0 Å². The average Bonchev–Trinajstić information content (AvgIpc) is 2.35. The van der Waals surface area contributed by atoms with Gasteiger partial charge in [-0.05, 0) is 18.4 Å². The molecule has 0 aliphatic carbocycles. The van der Waals surface area contributed by atoms with E-state index in [1.54, 1.807) is 18.2 Å². The number of likely N-dealkylation sites (tertiary alicyclic amines) is 1. The normalized spacial score (nSPS) is 19.2. The summed E-state index contributed by atoms with van der Waals surface area (Å²) in [5, 5.41) is 10.5. The van der Waals surface area contributed by atoms with Crippen LogP contribution < -0.4 is 0 Å². The molecule has 0 atom stereocenters. The zero-order chi connectivity index (χ0) is 13.8. The van der Waals surface area contributed by atoms with E-state index in [0.29, 0.717) is 31.5 Å². The van der Waals surface area contributed by atoms with Crippen LogP contribution in [0.5, 0.6) is 0 Å². The molecule has 0 saturated carbocycles. The van der Waals surface area contributed by atoms with E-state index < -0.39 is 17.3 Å². The predicted octanol–water partition coefficient (Wildman–Crippen LogP) is 1.23. The lowest BCUT2D eigenvalue weighted by molar-refractivity contribution is -0.145. The van der Waals surface area contributed by atoms with Crippen LogP contribution in [0.1, 0.15) is 19.8 Å². The van der Waals surface area contributed by atoms with Crippen molar-refractivity contribution in [1.82, 2.24) is 4.90 Å². The highest BCUT2D eigenvalue weighted by Crippen LogP contribution is 2.30. The Kier molecular flexibility index (Phi) is 4.62. The second-order valence-corrected chi connectivity index (χ2v) is 4.44. The van der Waals surface area contributed by atoms with Crippen LogP contribution in [0.15, 0.2) is 37.0 Å². The van der Waals surface area contributed by atoms with Gasteiger partial charge in [0.2, 0.25) is 5.78 Å². The molecule has 0 radical (unpaired) electrons. The summed E-state index contributed by atoms with van der Waals surface area (Å²) < 4.78 is 0. The molecule has 0 aromatic rings. The van der Waals surface area contributed by atoms with E-state index in [0.717, 1.165) is 0 Å². The minimum atomic E-state index is -0.983. The van der Waals surface area contributed by atoms with E-state index in [4.69, 9.17) is 0 Å². The summed E-state index contributed by atoms with van der Waals surface area (Å²) in [5.41, 5.74) is -0.281. The van der Waals surface area contributed by atoms with Gasteiger partial charge in [0.05, 0.1) is 5.60 Å². The molecule has 0 aromatic heterocycles. The van der Waals surface area contributed by atoms with Gasteiger partial charge in [-0.25, -0.2) is 0 Å². The fourth-order valence-electron chi connectivity index (χ4n) is 2.13. The zero-order valence-corrected chi connectivity index (χ0v) is 10.7. The van der Waals surface area contributed by atoms with Crippen LogP contribution in [0.25, 0.3) is 0 Å². The van der Waals surface area contributed by atoms with Crippen molar-refractivity contribution in [3.63, 3.8) is 0 Å². The van der Waals surface area contributed by atoms with Crippen molar-refractivity contribution in [2.45, 2.75) is 25.4 Å². The topological polar surface area (TPSA) is 57.6 Å². The number of hydrogen-bond acceptors (Lipinski definition) is 3. The highest BCUT2D eigenvalue weighted by molar-refractivity contribution is 6.35. The molecule has 4 heteroatoms. The van der Waals surface area contributed by atoms with E-state index >= 15 is 0 Å². The number of allylic oxidation sites excluding steroid dienone is 2. The van der Waals surface area contributed by atoms with Gasteiger partial charge in [-0.15, -0.1) is 0 Å². The molecule has 0 aromatic carbocycles. The van der Waals surface area contributed by atoms with Crippen molar-refractivity contribution >= 4 is 11.7 Å². The third kappa shape index (κ3) is 2.96. The second kappa shape index (κ2) is 5.78. The molecule has 0 unspecified atom stereocenters. The highest BCUT2D eigenvalue weighted by Gasteiger charge is 2.36. The lowest BCUT2D eigenvalue weighted by atomic mass is 9.83. The van der Waals surface area contributed by atoms with Gasteiger partial charge in [0, 0.05) is 20.0 Å². The largest absolute Gasteiger partial charge is 0.385 e. The number of piperidine rings is 1. The Morgan fingerprint density at radius 3 is 2.22 bits per heavy atom. The third-order valence-electron chi connectivity index (χ3n) is 3.23. The molecule has 1 amide bonds. The first kappa shape index (κ1) is 14.4. The van der Waals surface area contributed by atoms with Crippen LogP contribution in [0.4, 0.5) is 0 Å². The van der Waals surface area contributed by atoms with E-state index in [2.05, 4.69) is 13.2 Å². The summed E-state index contributed by atoms with van der Waals surface area (Å²) in [4.78, 5) is 24.0. The third-order valence-corrected chi connectivity index (χ3v) is 3.23. The molecule has 1 N–H and O–H groups in total. The number of amides is 1. The standard InChI is InChI=1S/C14H19NO3/c1-4-6-12(5-2)14(18)7-9-15(10-8-14)13(17)11(3)16/h4-6,18H,1-2,7-10H2,3H3/b12-6+. The Morgan fingerprint density at radius 1 is 1.28 bits per heavy atom. The van der Waals surface area contributed by atoms with Gasteiger partial charge in [-0.1, -0.05) is 31.4 Å². The first-order chi connectivity index (χ1) is 8.44. The maximum atomic E-state index is 11.5.